The molecule has 0 bridgehead atoms. The fourth-order valence-electron chi connectivity index (χ4n) is 2.49. The van der Waals surface area contributed by atoms with Gasteiger partial charge in [0, 0.05) is 0 Å². The van der Waals surface area contributed by atoms with Gasteiger partial charge >= 0.3 is 0 Å². The molecule has 0 saturated carbocycles. The third-order valence-corrected chi connectivity index (χ3v) is 4.92. The lowest BCUT2D eigenvalue weighted by molar-refractivity contribution is 0.404. The van der Waals surface area contributed by atoms with Crippen LogP contribution in [-0.4, -0.2) is 34.4 Å². The van der Waals surface area contributed by atoms with Crippen LogP contribution in [0.3, 0.4) is 0 Å². The van der Waals surface area contributed by atoms with Crippen LogP contribution in [0.25, 0.3) is 0 Å². The van der Waals surface area contributed by atoms with Gasteiger partial charge in [0.25, 0.3) is 0 Å². The van der Waals surface area contributed by atoms with E-state index in [2.05, 4.69) is 10.0 Å². The molecular weight excluding hydrogens is 276 g/mol. The van der Waals surface area contributed by atoms with Crippen LogP contribution in [0.5, 0.6) is 5.75 Å². The van der Waals surface area contributed by atoms with Gasteiger partial charge in [-0.05, 0) is 56.5 Å². The molecule has 1 aromatic rings. The molecule has 2 N–H and O–H groups in total. The van der Waals surface area contributed by atoms with Gasteiger partial charge in [-0.2, -0.15) is 0 Å². The van der Waals surface area contributed by atoms with Crippen LogP contribution in [-0.2, 0) is 10.0 Å². The number of methoxy groups -OCH3 is 1. The summed E-state index contributed by atoms with van der Waals surface area (Å²) in [5.41, 5.74) is 1.50. The molecule has 1 aliphatic heterocycles. The van der Waals surface area contributed by atoms with Crippen molar-refractivity contribution in [2.75, 3.05) is 30.7 Å². The summed E-state index contributed by atoms with van der Waals surface area (Å²) < 4.78 is 32.3. The minimum Gasteiger partial charge on any atom is -0.495 e. The first-order valence-corrected chi connectivity index (χ1v) is 8.51. The number of rotatable bonds is 5. The Labute approximate surface area is 120 Å². The molecule has 0 radical (unpaired) electrons. The summed E-state index contributed by atoms with van der Waals surface area (Å²) in [6, 6.07) is 5.45. The highest BCUT2D eigenvalue weighted by Crippen LogP contribution is 2.27. The fourth-order valence-corrected chi connectivity index (χ4v) is 3.97. The Morgan fingerprint density at radius 3 is 2.90 bits per heavy atom. The number of benzene rings is 1. The van der Waals surface area contributed by atoms with Crippen molar-refractivity contribution in [3.63, 3.8) is 0 Å². The third kappa shape index (κ3) is 4.11. The zero-order chi connectivity index (χ0) is 14.6. The molecule has 112 valence electrons. The van der Waals surface area contributed by atoms with E-state index in [4.69, 9.17) is 4.74 Å². The molecule has 6 heteroatoms. The summed E-state index contributed by atoms with van der Waals surface area (Å²) in [6.45, 7) is 3.67. The van der Waals surface area contributed by atoms with Gasteiger partial charge in [0.05, 0.1) is 18.6 Å². The summed E-state index contributed by atoms with van der Waals surface area (Å²) in [5.74, 6) is 0.870. The summed E-state index contributed by atoms with van der Waals surface area (Å²) in [5, 5.41) is 3.24. The normalized spacial score (nSPS) is 19.6. The topological polar surface area (TPSA) is 67.4 Å². The number of nitrogens with one attached hydrogen (secondary N) is 2. The van der Waals surface area contributed by atoms with Crippen molar-refractivity contribution in [1.82, 2.24) is 5.32 Å². The van der Waals surface area contributed by atoms with Gasteiger partial charge in [0.15, 0.2) is 0 Å². The summed E-state index contributed by atoms with van der Waals surface area (Å²) in [6.07, 6.45) is 1.99. The van der Waals surface area contributed by atoms with Crippen LogP contribution < -0.4 is 14.8 Å². The second-order valence-electron chi connectivity index (χ2n) is 5.30. The number of ether oxygens (including phenoxy) is 1. The van der Waals surface area contributed by atoms with Crippen LogP contribution in [0.1, 0.15) is 18.4 Å². The number of piperidine rings is 1. The summed E-state index contributed by atoms with van der Waals surface area (Å²) in [4.78, 5) is 0. The average molecular weight is 298 g/mol. The quantitative estimate of drug-likeness (QED) is 0.869. The maximum absolute atomic E-state index is 12.3. The molecule has 1 atom stereocenters. The monoisotopic (exact) mass is 298 g/mol. The van der Waals surface area contributed by atoms with Crippen LogP contribution in [0, 0.1) is 12.8 Å². The van der Waals surface area contributed by atoms with Crippen molar-refractivity contribution in [2.45, 2.75) is 19.8 Å². The van der Waals surface area contributed by atoms with Gasteiger partial charge < -0.3 is 10.1 Å². The molecule has 1 saturated heterocycles. The van der Waals surface area contributed by atoms with E-state index in [0.717, 1.165) is 31.5 Å². The number of anilines is 1. The van der Waals surface area contributed by atoms with Gasteiger partial charge in [-0.1, -0.05) is 6.07 Å². The Kier molecular flexibility index (Phi) is 4.88. The lowest BCUT2D eigenvalue weighted by Gasteiger charge is -2.23. The molecule has 5 nitrogen and oxygen atoms in total. The SMILES string of the molecule is COc1ccc(C)cc1NS(=O)(=O)CC1CCCNC1. The Bertz CT molecular complexity index is 552. The molecule has 20 heavy (non-hydrogen) atoms. The first-order chi connectivity index (χ1) is 9.50. The zero-order valence-electron chi connectivity index (χ0n) is 12.0. The highest BCUT2D eigenvalue weighted by molar-refractivity contribution is 7.92. The van der Waals surface area contributed by atoms with Crippen molar-refractivity contribution < 1.29 is 13.2 Å². The van der Waals surface area contributed by atoms with Crippen LogP contribution >= 0.6 is 0 Å². The van der Waals surface area contributed by atoms with E-state index in [0.29, 0.717) is 11.4 Å². The number of hydrogen-bond acceptors (Lipinski definition) is 4. The van der Waals surface area contributed by atoms with Crippen molar-refractivity contribution >= 4 is 15.7 Å². The molecule has 0 aromatic heterocycles. The number of sulfonamides is 1. The Balaban J connectivity index is 2.09. The van der Waals surface area contributed by atoms with Gasteiger partial charge in [-0.25, -0.2) is 8.42 Å². The first-order valence-electron chi connectivity index (χ1n) is 6.86. The standard InChI is InChI=1S/C14H22N2O3S/c1-11-5-6-14(19-2)13(8-11)16-20(17,18)10-12-4-3-7-15-9-12/h5-6,8,12,15-16H,3-4,7,9-10H2,1-2H3. The fraction of sp³-hybridized carbons (Fsp3) is 0.571. The molecule has 1 aromatic carbocycles. The van der Waals surface area contributed by atoms with E-state index in [1.165, 1.54) is 7.11 Å². The zero-order valence-corrected chi connectivity index (χ0v) is 12.8. The minimum absolute atomic E-state index is 0.150. The Morgan fingerprint density at radius 2 is 2.25 bits per heavy atom. The predicted octanol–water partition coefficient (Wildman–Crippen LogP) is 1.74. The first kappa shape index (κ1) is 15.1. The van der Waals surface area contributed by atoms with Crippen molar-refractivity contribution in [1.29, 1.82) is 0 Å². The molecule has 1 unspecified atom stereocenters. The number of aryl methyl sites for hydroxylation is 1. The summed E-state index contributed by atoms with van der Waals surface area (Å²) >= 11 is 0. The highest BCUT2D eigenvalue weighted by atomic mass is 32.2. The van der Waals surface area contributed by atoms with E-state index in [-0.39, 0.29) is 11.7 Å². The molecule has 1 heterocycles. The highest BCUT2D eigenvalue weighted by Gasteiger charge is 2.22. The lowest BCUT2D eigenvalue weighted by atomic mass is 10.0. The van der Waals surface area contributed by atoms with Crippen LogP contribution in [0.15, 0.2) is 18.2 Å². The van der Waals surface area contributed by atoms with Crippen molar-refractivity contribution in [3.8, 4) is 5.75 Å². The molecule has 1 aliphatic rings. The van der Waals surface area contributed by atoms with Crippen LogP contribution in [0.2, 0.25) is 0 Å². The predicted molar refractivity (Wildman–Crippen MR) is 80.7 cm³/mol. The second-order valence-corrected chi connectivity index (χ2v) is 7.07. The van der Waals surface area contributed by atoms with Gasteiger partial charge in [-0.15, -0.1) is 0 Å². The third-order valence-electron chi connectivity index (χ3n) is 3.47. The lowest BCUT2D eigenvalue weighted by Crippen LogP contribution is -2.35. The van der Waals surface area contributed by atoms with E-state index >= 15 is 0 Å². The van der Waals surface area contributed by atoms with Crippen LogP contribution in [0.4, 0.5) is 5.69 Å². The van der Waals surface area contributed by atoms with E-state index in [9.17, 15) is 8.42 Å². The average Bonchev–Trinajstić information content (AvgIpc) is 2.39. The van der Waals surface area contributed by atoms with E-state index < -0.39 is 10.0 Å². The number of hydrogen-bond donors (Lipinski definition) is 2. The molecule has 1 fully saturated rings. The largest absolute Gasteiger partial charge is 0.495 e. The van der Waals surface area contributed by atoms with Gasteiger partial charge in [0.2, 0.25) is 10.0 Å². The van der Waals surface area contributed by atoms with Crippen molar-refractivity contribution in [2.24, 2.45) is 5.92 Å². The Morgan fingerprint density at radius 1 is 1.45 bits per heavy atom. The molecule has 0 aliphatic carbocycles. The molecule has 2 rings (SSSR count). The smallest absolute Gasteiger partial charge is 0.233 e. The maximum atomic E-state index is 12.3. The molecule has 0 amide bonds. The molecular formula is C14H22N2O3S. The van der Waals surface area contributed by atoms with Crippen molar-refractivity contribution in [3.05, 3.63) is 23.8 Å². The van der Waals surface area contributed by atoms with Gasteiger partial charge in [0.1, 0.15) is 5.75 Å². The minimum atomic E-state index is -3.35. The second kappa shape index (κ2) is 6.45. The van der Waals surface area contributed by atoms with Gasteiger partial charge in [-0.3, -0.25) is 4.72 Å². The van der Waals surface area contributed by atoms with E-state index in [1.54, 1.807) is 12.1 Å². The van der Waals surface area contributed by atoms with E-state index in [1.807, 2.05) is 13.0 Å². The molecule has 0 spiro atoms. The Hall–Kier alpha value is -1.27. The maximum Gasteiger partial charge on any atom is 0.233 e. The summed E-state index contributed by atoms with van der Waals surface area (Å²) in [7, 11) is -1.82.